The van der Waals surface area contributed by atoms with Crippen LogP contribution in [-0.4, -0.2) is 27.6 Å². The summed E-state index contributed by atoms with van der Waals surface area (Å²) in [6, 6.07) is -1.64. The molecule has 20 heavy (non-hydrogen) atoms. The third kappa shape index (κ3) is 3.86. The maximum absolute atomic E-state index is 12.7. The van der Waals surface area contributed by atoms with E-state index >= 15 is 0 Å². The van der Waals surface area contributed by atoms with E-state index in [1.54, 1.807) is 0 Å². The van der Waals surface area contributed by atoms with Gasteiger partial charge in [-0.15, -0.1) is 0 Å². The van der Waals surface area contributed by atoms with Gasteiger partial charge in [0.2, 0.25) is 0 Å². The van der Waals surface area contributed by atoms with Crippen molar-refractivity contribution in [3.63, 3.8) is 0 Å². The third-order valence-corrected chi connectivity index (χ3v) is 3.53. The molecule has 1 fully saturated rings. The van der Waals surface area contributed by atoms with Gasteiger partial charge in [0.15, 0.2) is 6.29 Å². The van der Waals surface area contributed by atoms with Crippen molar-refractivity contribution in [2.24, 2.45) is 0 Å². The number of nitrogens with zero attached hydrogens (tertiary/aromatic N) is 2. The summed E-state index contributed by atoms with van der Waals surface area (Å²) < 4.78 is 50.0. The highest BCUT2D eigenvalue weighted by Crippen LogP contribution is 2.31. The van der Waals surface area contributed by atoms with Gasteiger partial charge in [-0.1, -0.05) is 11.6 Å². The summed E-state index contributed by atoms with van der Waals surface area (Å²) in [6.07, 6.45) is 0.109. The van der Waals surface area contributed by atoms with Crippen molar-refractivity contribution in [1.82, 2.24) is 9.55 Å². The molecule has 0 aromatic carbocycles. The van der Waals surface area contributed by atoms with E-state index in [0.29, 0.717) is 6.42 Å². The van der Waals surface area contributed by atoms with E-state index in [9.17, 15) is 13.2 Å². The lowest BCUT2D eigenvalue weighted by Gasteiger charge is -2.26. The van der Waals surface area contributed by atoms with E-state index in [4.69, 9.17) is 21.1 Å². The topological polar surface area (TPSA) is 36.3 Å². The Morgan fingerprint density at radius 1 is 1.55 bits per heavy atom. The monoisotopic (exact) mass is 312 g/mol. The standard InChI is InChI=1S/C12H16ClF3N2O2/c1-8(12(14,15)16)18-6-5-17-10(18)7-19-11-4-2-3-9(13)20-11/h5-6,8-9,11H,2-4,7H2,1H3/t8-,9?,11?/m1/s1. The highest BCUT2D eigenvalue weighted by atomic mass is 35.5. The Kier molecular flexibility index (Phi) is 4.93. The summed E-state index contributed by atoms with van der Waals surface area (Å²) in [6.45, 7) is 1.04. The van der Waals surface area contributed by atoms with E-state index in [0.717, 1.165) is 24.3 Å². The van der Waals surface area contributed by atoms with Crippen molar-refractivity contribution in [3.8, 4) is 0 Å². The minimum atomic E-state index is -4.32. The van der Waals surface area contributed by atoms with Crippen LogP contribution in [0.15, 0.2) is 12.4 Å². The molecule has 1 aliphatic heterocycles. The molecule has 0 amide bonds. The molecule has 1 saturated heterocycles. The van der Waals surface area contributed by atoms with Crippen LogP contribution in [0.5, 0.6) is 0 Å². The van der Waals surface area contributed by atoms with Gasteiger partial charge in [-0.05, 0) is 26.2 Å². The molecule has 2 rings (SSSR count). The Labute approximate surface area is 119 Å². The average Bonchev–Trinajstić information content (AvgIpc) is 2.82. The molecular weight excluding hydrogens is 297 g/mol. The highest BCUT2D eigenvalue weighted by Gasteiger charge is 2.38. The Morgan fingerprint density at radius 3 is 2.95 bits per heavy atom. The zero-order valence-corrected chi connectivity index (χ0v) is 11.7. The normalized spacial score (nSPS) is 25.6. The molecule has 0 N–H and O–H groups in total. The molecule has 8 heteroatoms. The third-order valence-electron chi connectivity index (χ3n) is 3.21. The molecule has 0 radical (unpaired) electrons. The maximum Gasteiger partial charge on any atom is 0.408 e. The van der Waals surface area contributed by atoms with Crippen LogP contribution < -0.4 is 0 Å². The van der Waals surface area contributed by atoms with Gasteiger partial charge in [-0.25, -0.2) is 4.98 Å². The molecule has 1 aliphatic rings. The minimum absolute atomic E-state index is 0.0400. The number of ether oxygens (including phenoxy) is 2. The Balaban J connectivity index is 1.95. The molecule has 114 valence electrons. The van der Waals surface area contributed by atoms with E-state index < -0.39 is 24.1 Å². The lowest BCUT2D eigenvalue weighted by molar-refractivity contribution is -0.184. The summed E-state index contributed by atoms with van der Waals surface area (Å²) >= 11 is 5.84. The summed E-state index contributed by atoms with van der Waals surface area (Å²) in [5, 5.41) is 0. The van der Waals surface area contributed by atoms with Gasteiger partial charge in [0.05, 0.1) is 0 Å². The highest BCUT2D eigenvalue weighted by molar-refractivity contribution is 6.19. The quantitative estimate of drug-likeness (QED) is 0.797. The number of hydrogen-bond donors (Lipinski definition) is 0. The van der Waals surface area contributed by atoms with E-state index in [-0.39, 0.29) is 12.4 Å². The molecule has 2 unspecified atom stereocenters. The van der Waals surface area contributed by atoms with Gasteiger partial charge in [0, 0.05) is 12.4 Å². The van der Waals surface area contributed by atoms with Crippen LogP contribution in [0.4, 0.5) is 13.2 Å². The van der Waals surface area contributed by atoms with Crippen molar-refractivity contribution in [1.29, 1.82) is 0 Å². The van der Waals surface area contributed by atoms with Gasteiger partial charge >= 0.3 is 6.18 Å². The SMILES string of the molecule is C[C@@H](n1ccnc1COC1CCCC(Cl)O1)C(F)(F)F. The molecular formula is C12H16ClF3N2O2. The van der Waals surface area contributed by atoms with E-state index in [1.807, 2.05) is 0 Å². The second-order valence-electron chi connectivity index (χ2n) is 4.69. The Morgan fingerprint density at radius 2 is 2.30 bits per heavy atom. The van der Waals surface area contributed by atoms with Crippen LogP contribution in [-0.2, 0) is 16.1 Å². The Hall–Kier alpha value is -0.790. The molecule has 0 saturated carbocycles. The van der Waals surface area contributed by atoms with Crippen LogP contribution in [0.1, 0.15) is 38.1 Å². The number of alkyl halides is 4. The first-order valence-corrected chi connectivity index (χ1v) is 6.81. The molecule has 1 aromatic heterocycles. The predicted octanol–water partition coefficient (Wildman–Crippen LogP) is 3.61. The van der Waals surface area contributed by atoms with Gasteiger partial charge < -0.3 is 14.0 Å². The predicted molar refractivity (Wildman–Crippen MR) is 66.1 cm³/mol. The smallest absolute Gasteiger partial charge is 0.345 e. The van der Waals surface area contributed by atoms with Crippen LogP contribution in [0, 0.1) is 0 Å². The van der Waals surface area contributed by atoms with Crippen molar-refractivity contribution in [2.45, 2.75) is 56.9 Å². The lowest BCUT2D eigenvalue weighted by atomic mass is 10.2. The molecule has 1 aromatic rings. The first-order chi connectivity index (χ1) is 9.38. The number of rotatable bonds is 4. The zero-order valence-electron chi connectivity index (χ0n) is 10.9. The zero-order chi connectivity index (χ0) is 14.8. The van der Waals surface area contributed by atoms with Gasteiger partial charge in [0.1, 0.15) is 24.0 Å². The first-order valence-electron chi connectivity index (χ1n) is 6.37. The van der Waals surface area contributed by atoms with Crippen molar-refractivity contribution in [2.75, 3.05) is 0 Å². The maximum atomic E-state index is 12.7. The fourth-order valence-electron chi connectivity index (χ4n) is 2.00. The summed E-state index contributed by atoms with van der Waals surface area (Å²) in [4.78, 5) is 3.90. The molecule has 4 nitrogen and oxygen atoms in total. The summed E-state index contributed by atoms with van der Waals surface area (Å²) in [5.74, 6) is 0.218. The van der Waals surface area contributed by atoms with Gasteiger partial charge in [-0.2, -0.15) is 13.2 Å². The fraction of sp³-hybridized carbons (Fsp3) is 0.750. The molecule has 3 atom stereocenters. The number of imidazole rings is 1. The van der Waals surface area contributed by atoms with Gasteiger partial charge in [-0.3, -0.25) is 0 Å². The van der Waals surface area contributed by atoms with Crippen LogP contribution in [0.25, 0.3) is 0 Å². The molecule has 0 aliphatic carbocycles. The van der Waals surface area contributed by atoms with Gasteiger partial charge in [0.25, 0.3) is 0 Å². The molecule has 2 heterocycles. The lowest BCUT2D eigenvalue weighted by Crippen LogP contribution is -2.28. The fourth-order valence-corrected chi connectivity index (χ4v) is 2.27. The largest absolute Gasteiger partial charge is 0.408 e. The summed E-state index contributed by atoms with van der Waals surface area (Å²) in [7, 11) is 0. The van der Waals surface area contributed by atoms with E-state index in [1.165, 1.54) is 12.4 Å². The van der Waals surface area contributed by atoms with Crippen molar-refractivity contribution < 1.29 is 22.6 Å². The van der Waals surface area contributed by atoms with Crippen LogP contribution in [0.3, 0.4) is 0 Å². The minimum Gasteiger partial charge on any atom is -0.345 e. The average molecular weight is 313 g/mol. The van der Waals surface area contributed by atoms with Crippen molar-refractivity contribution >= 4 is 11.6 Å². The number of hydrogen-bond acceptors (Lipinski definition) is 3. The van der Waals surface area contributed by atoms with Crippen molar-refractivity contribution in [3.05, 3.63) is 18.2 Å². The van der Waals surface area contributed by atoms with E-state index in [2.05, 4.69) is 4.98 Å². The van der Waals surface area contributed by atoms with Crippen LogP contribution >= 0.6 is 11.6 Å². The first kappa shape index (κ1) is 15.6. The summed E-state index contributed by atoms with van der Waals surface area (Å²) in [5.41, 5.74) is -0.400. The molecule has 0 spiro atoms. The van der Waals surface area contributed by atoms with Crippen LogP contribution in [0.2, 0.25) is 0 Å². The number of aromatic nitrogens is 2. The molecule has 0 bridgehead atoms. The Bertz CT molecular complexity index is 439. The second-order valence-corrected chi connectivity index (χ2v) is 5.17. The second kappa shape index (κ2) is 6.32. The number of halogens is 4.